The van der Waals surface area contributed by atoms with Crippen LogP contribution in [0.4, 0.5) is 0 Å². The van der Waals surface area contributed by atoms with Gasteiger partial charge in [0, 0.05) is 25.8 Å². The monoisotopic (exact) mass is 255 g/mol. The van der Waals surface area contributed by atoms with Crippen molar-refractivity contribution >= 4 is 0 Å². The van der Waals surface area contributed by atoms with Crippen molar-refractivity contribution in [1.29, 1.82) is 0 Å². The number of rotatable bonds is 8. The third-order valence-corrected chi connectivity index (χ3v) is 2.44. The Labute approximate surface area is 107 Å². The Hall–Kier alpha value is -1.30. The van der Waals surface area contributed by atoms with Crippen LogP contribution in [0.2, 0.25) is 0 Å². The molecule has 0 aromatic heterocycles. The second kappa shape index (κ2) is 7.92. The fourth-order valence-corrected chi connectivity index (χ4v) is 1.61. The summed E-state index contributed by atoms with van der Waals surface area (Å²) in [5.74, 6) is 0.627. The number of phenolic OH excluding ortho intramolecular Hbond substituents is 1. The fourth-order valence-electron chi connectivity index (χ4n) is 1.61. The highest BCUT2D eigenvalue weighted by Gasteiger charge is 2.08. The SMILES string of the molecule is CCOc1cccc(CNCC(O)COC)c1O. The Bertz CT molecular complexity index is 357. The number of methoxy groups -OCH3 is 1. The van der Waals surface area contributed by atoms with Crippen molar-refractivity contribution in [1.82, 2.24) is 5.32 Å². The summed E-state index contributed by atoms with van der Waals surface area (Å²) in [5, 5.41) is 22.4. The van der Waals surface area contributed by atoms with Crippen LogP contribution in [0.3, 0.4) is 0 Å². The van der Waals surface area contributed by atoms with Gasteiger partial charge in [-0.2, -0.15) is 0 Å². The van der Waals surface area contributed by atoms with Crippen molar-refractivity contribution in [2.24, 2.45) is 0 Å². The van der Waals surface area contributed by atoms with E-state index in [0.717, 1.165) is 5.56 Å². The molecule has 1 atom stereocenters. The van der Waals surface area contributed by atoms with Gasteiger partial charge in [0.2, 0.25) is 0 Å². The van der Waals surface area contributed by atoms with Crippen molar-refractivity contribution in [2.75, 3.05) is 26.9 Å². The highest BCUT2D eigenvalue weighted by atomic mass is 16.5. The molecule has 0 aliphatic rings. The molecule has 0 amide bonds. The van der Waals surface area contributed by atoms with E-state index in [9.17, 15) is 10.2 Å². The van der Waals surface area contributed by atoms with E-state index >= 15 is 0 Å². The third kappa shape index (κ3) is 4.52. The van der Waals surface area contributed by atoms with E-state index in [4.69, 9.17) is 9.47 Å². The summed E-state index contributed by atoms with van der Waals surface area (Å²) in [6.07, 6.45) is -0.549. The van der Waals surface area contributed by atoms with Crippen LogP contribution in [0, 0.1) is 0 Å². The Morgan fingerprint density at radius 2 is 2.17 bits per heavy atom. The number of ether oxygens (including phenoxy) is 2. The number of hydrogen-bond acceptors (Lipinski definition) is 5. The number of hydrogen-bond donors (Lipinski definition) is 3. The average molecular weight is 255 g/mol. The highest BCUT2D eigenvalue weighted by Crippen LogP contribution is 2.29. The molecule has 3 N–H and O–H groups in total. The number of aliphatic hydroxyl groups excluding tert-OH is 1. The second-order valence-corrected chi connectivity index (χ2v) is 3.94. The van der Waals surface area contributed by atoms with Gasteiger partial charge in [-0.3, -0.25) is 0 Å². The van der Waals surface area contributed by atoms with Crippen molar-refractivity contribution < 1.29 is 19.7 Å². The van der Waals surface area contributed by atoms with Gasteiger partial charge in [-0.1, -0.05) is 12.1 Å². The maximum Gasteiger partial charge on any atom is 0.162 e. The highest BCUT2D eigenvalue weighted by molar-refractivity contribution is 5.45. The Morgan fingerprint density at radius 3 is 2.83 bits per heavy atom. The van der Waals surface area contributed by atoms with E-state index in [0.29, 0.717) is 25.4 Å². The molecule has 0 bridgehead atoms. The number of aromatic hydroxyl groups is 1. The third-order valence-electron chi connectivity index (χ3n) is 2.44. The lowest BCUT2D eigenvalue weighted by atomic mass is 10.2. The van der Waals surface area contributed by atoms with Crippen LogP contribution in [-0.2, 0) is 11.3 Å². The van der Waals surface area contributed by atoms with Crippen molar-refractivity contribution in [3.8, 4) is 11.5 Å². The lowest BCUT2D eigenvalue weighted by Gasteiger charge is -2.13. The number of phenols is 1. The van der Waals surface area contributed by atoms with Gasteiger partial charge >= 0.3 is 0 Å². The molecule has 5 heteroatoms. The first-order valence-electron chi connectivity index (χ1n) is 6.00. The molecule has 0 fully saturated rings. The maximum absolute atomic E-state index is 9.94. The smallest absolute Gasteiger partial charge is 0.162 e. The van der Waals surface area contributed by atoms with Gasteiger partial charge in [0.25, 0.3) is 0 Å². The van der Waals surface area contributed by atoms with Crippen LogP contribution in [0.5, 0.6) is 11.5 Å². The zero-order valence-electron chi connectivity index (χ0n) is 10.8. The molecule has 0 aliphatic heterocycles. The van der Waals surface area contributed by atoms with Crippen LogP contribution in [0.1, 0.15) is 12.5 Å². The van der Waals surface area contributed by atoms with E-state index in [-0.39, 0.29) is 12.4 Å². The minimum absolute atomic E-state index is 0.146. The Morgan fingerprint density at radius 1 is 1.39 bits per heavy atom. The van der Waals surface area contributed by atoms with Crippen LogP contribution in [0.15, 0.2) is 18.2 Å². The van der Waals surface area contributed by atoms with Crippen LogP contribution in [0.25, 0.3) is 0 Å². The van der Waals surface area contributed by atoms with E-state index in [2.05, 4.69) is 5.32 Å². The number of nitrogens with one attached hydrogen (secondary N) is 1. The Kier molecular flexibility index (Phi) is 6.49. The zero-order chi connectivity index (χ0) is 13.4. The van der Waals surface area contributed by atoms with Crippen LogP contribution < -0.4 is 10.1 Å². The van der Waals surface area contributed by atoms with Gasteiger partial charge in [-0.15, -0.1) is 0 Å². The first-order valence-corrected chi connectivity index (χ1v) is 6.00. The van der Waals surface area contributed by atoms with Crippen molar-refractivity contribution in [3.63, 3.8) is 0 Å². The zero-order valence-corrected chi connectivity index (χ0v) is 10.8. The van der Waals surface area contributed by atoms with Crippen molar-refractivity contribution in [2.45, 2.75) is 19.6 Å². The van der Waals surface area contributed by atoms with Crippen molar-refractivity contribution in [3.05, 3.63) is 23.8 Å². The van der Waals surface area contributed by atoms with Gasteiger partial charge < -0.3 is 25.0 Å². The summed E-state index contributed by atoms with van der Waals surface area (Å²) in [7, 11) is 1.54. The summed E-state index contributed by atoms with van der Waals surface area (Å²) < 4.78 is 10.1. The average Bonchev–Trinajstić information content (AvgIpc) is 2.34. The van der Waals surface area contributed by atoms with Crippen LogP contribution in [-0.4, -0.2) is 43.2 Å². The summed E-state index contributed by atoms with van der Waals surface area (Å²) in [6, 6.07) is 5.36. The minimum atomic E-state index is -0.549. The maximum atomic E-state index is 9.94. The molecule has 1 unspecified atom stereocenters. The molecule has 5 nitrogen and oxygen atoms in total. The first kappa shape index (κ1) is 14.8. The van der Waals surface area contributed by atoms with Gasteiger partial charge in [-0.05, 0) is 13.0 Å². The summed E-state index contributed by atoms with van der Waals surface area (Å²) in [6.45, 7) is 3.54. The molecule has 0 saturated carbocycles. The molecule has 0 radical (unpaired) electrons. The molecule has 1 rings (SSSR count). The molecular weight excluding hydrogens is 234 g/mol. The standard InChI is InChI=1S/C13H21NO4/c1-3-18-12-6-4-5-10(13(12)16)7-14-8-11(15)9-17-2/h4-6,11,14-16H,3,7-9H2,1-2H3. The molecule has 1 aromatic carbocycles. The molecule has 0 heterocycles. The summed E-state index contributed by atoms with van der Waals surface area (Å²) in [4.78, 5) is 0. The topological polar surface area (TPSA) is 71.0 Å². The lowest BCUT2D eigenvalue weighted by molar-refractivity contribution is 0.0644. The normalized spacial score (nSPS) is 12.4. The molecule has 0 spiro atoms. The van der Waals surface area contributed by atoms with E-state index < -0.39 is 6.10 Å². The lowest BCUT2D eigenvalue weighted by Crippen LogP contribution is -2.29. The summed E-state index contributed by atoms with van der Waals surface area (Å²) >= 11 is 0. The molecule has 0 saturated heterocycles. The van der Waals surface area contributed by atoms with Crippen LogP contribution >= 0.6 is 0 Å². The van der Waals surface area contributed by atoms with Gasteiger partial charge in [0.1, 0.15) is 0 Å². The molecule has 0 aliphatic carbocycles. The molecule has 1 aromatic rings. The molecular formula is C13H21NO4. The number of benzene rings is 1. The summed E-state index contributed by atoms with van der Waals surface area (Å²) in [5.41, 5.74) is 0.741. The second-order valence-electron chi connectivity index (χ2n) is 3.94. The predicted molar refractivity (Wildman–Crippen MR) is 68.9 cm³/mol. The van der Waals surface area contributed by atoms with Gasteiger partial charge in [-0.25, -0.2) is 0 Å². The molecule has 102 valence electrons. The number of aliphatic hydroxyl groups is 1. The largest absolute Gasteiger partial charge is 0.504 e. The van der Waals surface area contributed by atoms with Gasteiger partial charge in [0.15, 0.2) is 11.5 Å². The fraction of sp³-hybridized carbons (Fsp3) is 0.538. The minimum Gasteiger partial charge on any atom is -0.504 e. The van der Waals surface area contributed by atoms with E-state index in [1.807, 2.05) is 19.1 Å². The quantitative estimate of drug-likeness (QED) is 0.643. The van der Waals surface area contributed by atoms with E-state index in [1.165, 1.54) is 0 Å². The van der Waals surface area contributed by atoms with Gasteiger partial charge in [0.05, 0.1) is 19.3 Å². The Balaban J connectivity index is 2.49. The van der Waals surface area contributed by atoms with E-state index in [1.54, 1.807) is 13.2 Å². The predicted octanol–water partition coefficient (Wildman–Crippen LogP) is 0.888. The number of para-hydroxylation sites is 1. The first-order chi connectivity index (χ1) is 8.69. The molecule has 18 heavy (non-hydrogen) atoms.